The van der Waals surface area contributed by atoms with E-state index < -0.39 is 26.9 Å². The third-order valence-electron chi connectivity index (χ3n) is 4.24. The Morgan fingerprint density at radius 1 is 1.06 bits per heavy atom. The number of hydrogen-bond donors (Lipinski definition) is 1. The monoisotopic (exact) mass is 624 g/mol. The molecule has 0 radical (unpaired) electrons. The second kappa shape index (κ2) is 12.8. The van der Waals surface area contributed by atoms with Crippen molar-refractivity contribution in [2.75, 3.05) is 20.3 Å². The molecule has 1 atom stereocenters. The molecule has 0 bridgehead atoms. The van der Waals surface area contributed by atoms with E-state index in [1.54, 1.807) is 44.2 Å². The van der Waals surface area contributed by atoms with Crippen molar-refractivity contribution in [1.29, 1.82) is 0 Å². The molecule has 0 aliphatic heterocycles. The highest BCUT2D eigenvalue weighted by atomic mass is 79.9. The summed E-state index contributed by atoms with van der Waals surface area (Å²) in [6.45, 7) is 6.66. The third-order valence-corrected chi connectivity index (χ3v) is 6.92. The highest BCUT2D eigenvalue weighted by molar-refractivity contribution is 9.11. The largest absolute Gasteiger partial charge is 0.510 e. The lowest BCUT2D eigenvalue weighted by molar-refractivity contribution is -0.0131. The maximum absolute atomic E-state index is 12.7. The lowest BCUT2D eigenvalue weighted by atomic mass is 10.0. The molecule has 0 aromatic heterocycles. The van der Waals surface area contributed by atoms with Gasteiger partial charge in [0.15, 0.2) is 12.1 Å². The number of rotatable bonds is 11. The predicted octanol–water partition coefficient (Wildman–Crippen LogP) is 7.54. The van der Waals surface area contributed by atoms with Crippen LogP contribution < -0.4 is 9.47 Å². The van der Waals surface area contributed by atoms with E-state index in [0.717, 1.165) is 5.56 Å². The van der Waals surface area contributed by atoms with Gasteiger partial charge in [-0.15, -0.1) is 0 Å². The molecule has 0 fully saturated rings. The molecule has 0 saturated heterocycles. The Labute approximate surface area is 215 Å². The van der Waals surface area contributed by atoms with E-state index >= 15 is 0 Å². The van der Waals surface area contributed by atoms with Crippen LogP contribution in [0.2, 0.25) is 0 Å². The first-order chi connectivity index (χ1) is 15.9. The van der Waals surface area contributed by atoms with Crippen molar-refractivity contribution in [2.24, 2.45) is 0 Å². The molecule has 1 unspecified atom stereocenters. The maximum atomic E-state index is 12.7. The predicted molar refractivity (Wildman–Crippen MR) is 133 cm³/mol. The van der Waals surface area contributed by atoms with E-state index in [0.29, 0.717) is 26.2 Å². The van der Waals surface area contributed by atoms with Gasteiger partial charge in [0.1, 0.15) is 17.2 Å². The summed E-state index contributed by atoms with van der Waals surface area (Å²) >= 11 is 6.89. The van der Waals surface area contributed by atoms with Gasteiger partial charge in [-0.1, -0.05) is 13.8 Å². The van der Waals surface area contributed by atoms with E-state index in [2.05, 4.69) is 31.9 Å². The van der Waals surface area contributed by atoms with Gasteiger partial charge in [-0.25, -0.2) is 4.79 Å². The van der Waals surface area contributed by atoms with Gasteiger partial charge in [0.25, 0.3) is 0 Å². The number of ether oxygens (including phenoxy) is 4. The molecule has 2 rings (SSSR count). The van der Waals surface area contributed by atoms with Crippen LogP contribution in [0.5, 0.6) is 23.0 Å². The number of aromatic hydroxyl groups is 1. The summed E-state index contributed by atoms with van der Waals surface area (Å²) < 4.78 is 44.9. The normalized spacial score (nSPS) is 13.0. The van der Waals surface area contributed by atoms with Gasteiger partial charge in [-0.05, 0) is 82.0 Å². The Bertz CT molecular complexity index is 1020. The molecule has 2 aromatic carbocycles. The Morgan fingerprint density at radius 2 is 1.71 bits per heavy atom. The van der Waals surface area contributed by atoms with Gasteiger partial charge in [0, 0.05) is 12.7 Å². The molecule has 188 valence electrons. The number of hydrogen-bond acceptors (Lipinski definition) is 9. The van der Waals surface area contributed by atoms with Crippen molar-refractivity contribution in [3.8, 4) is 23.0 Å². The lowest BCUT2D eigenvalue weighted by Crippen LogP contribution is -2.15. The van der Waals surface area contributed by atoms with Gasteiger partial charge >= 0.3 is 13.8 Å². The van der Waals surface area contributed by atoms with Gasteiger partial charge in [0.05, 0.1) is 15.0 Å². The zero-order valence-electron chi connectivity index (χ0n) is 19.4. The van der Waals surface area contributed by atoms with Crippen molar-refractivity contribution in [2.45, 2.75) is 39.7 Å². The van der Waals surface area contributed by atoms with Crippen LogP contribution in [0, 0.1) is 0 Å². The van der Waals surface area contributed by atoms with Crippen LogP contribution in [-0.4, -0.2) is 37.6 Å². The van der Waals surface area contributed by atoms with Crippen molar-refractivity contribution >= 4 is 45.6 Å². The zero-order valence-corrected chi connectivity index (χ0v) is 23.4. The topological polar surface area (TPSA) is 110 Å². The fourth-order valence-corrected chi connectivity index (χ4v) is 4.68. The SMILES string of the molecule is COP(=O)(COc1cc(Br)c(Oc2ccc(O)c(C(C)C)c2)c(Br)c1)OCOC(=O)OC(C)C. The fourth-order valence-electron chi connectivity index (χ4n) is 2.57. The molecule has 34 heavy (non-hydrogen) atoms. The molecule has 0 aliphatic carbocycles. The van der Waals surface area contributed by atoms with Crippen molar-refractivity contribution in [3.05, 3.63) is 44.8 Å². The minimum absolute atomic E-state index is 0.121. The number of halogens is 2. The van der Waals surface area contributed by atoms with E-state index in [-0.39, 0.29) is 17.8 Å². The summed E-state index contributed by atoms with van der Waals surface area (Å²) in [4.78, 5) is 11.4. The standard InChI is InChI=1S/C22H27Br2O9P/c1-13(2)17-8-15(6-7-20(17)25)33-21-18(23)9-16(10-19(21)24)30-12-34(27,28-5)31-11-29-22(26)32-14(3)4/h6-10,13-14,25H,11-12H2,1-5H3. The Balaban J connectivity index is 2.04. The second-order valence-electron chi connectivity index (χ2n) is 7.57. The van der Waals surface area contributed by atoms with Crippen LogP contribution in [0.15, 0.2) is 39.3 Å². The average molecular weight is 626 g/mol. The third kappa shape index (κ3) is 8.46. The number of phenolic OH excluding ortho intramolecular Hbond substituents is 1. The Morgan fingerprint density at radius 3 is 2.26 bits per heavy atom. The van der Waals surface area contributed by atoms with E-state index in [1.807, 2.05) is 13.8 Å². The van der Waals surface area contributed by atoms with Gasteiger partial charge in [-0.3, -0.25) is 9.09 Å². The molecule has 0 spiro atoms. The number of benzene rings is 2. The van der Waals surface area contributed by atoms with Crippen molar-refractivity contribution in [3.63, 3.8) is 0 Å². The fraction of sp³-hybridized carbons (Fsp3) is 0.409. The first-order valence-corrected chi connectivity index (χ1v) is 13.5. The van der Waals surface area contributed by atoms with Crippen LogP contribution in [0.25, 0.3) is 0 Å². The summed E-state index contributed by atoms with van der Waals surface area (Å²) in [5.41, 5.74) is 0.765. The first kappa shape index (κ1) is 28.5. The minimum Gasteiger partial charge on any atom is -0.508 e. The highest BCUT2D eigenvalue weighted by Gasteiger charge is 2.26. The molecule has 2 aromatic rings. The maximum Gasteiger partial charge on any atom is 0.510 e. The van der Waals surface area contributed by atoms with E-state index in [1.165, 1.54) is 7.11 Å². The van der Waals surface area contributed by atoms with E-state index in [9.17, 15) is 14.5 Å². The Hall–Kier alpha value is -1.78. The van der Waals surface area contributed by atoms with E-state index in [4.69, 9.17) is 28.0 Å². The van der Waals surface area contributed by atoms with Crippen molar-refractivity contribution < 1.29 is 42.5 Å². The summed E-state index contributed by atoms with van der Waals surface area (Å²) in [6.07, 6.45) is -1.74. The van der Waals surface area contributed by atoms with Gasteiger partial charge < -0.3 is 28.6 Å². The van der Waals surface area contributed by atoms with Crippen LogP contribution in [-0.2, 0) is 23.1 Å². The summed E-state index contributed by atoms with van der Waals surface area (Å²) in [5, 5.41) is 10.0. The summed E-state index contributed by atoms with van der Waals surface area (Å²) in [5.74, 6) is 1.70. The van der Waals surface area contributed by atoms with Crippen LogP contribution in [0.4, 0.5) is 4.79 Å². The number of phenols is 1. The van der Waals surface area contributed by atoms with Crippen LogP contribution in [0.1, 0.15) is 39.2 Å². The average Bonchev–Trinajstić information content (AvgIpc) is 2.75. The quantitative estimate of drug-likeness (QED) is 0.154. The molecule has 1 N–H and O–H groups in total. The highest BCUT2D eigenvalue weighted by Crippen LogP contribution is 2.48. The molecule has 0 amide bonds. The lowest BCUT2D eigenvalue weighted by Gasteiger charge is -2.18. The van der Waals surface area contributed by atoms with Crippen LogP contribution in [0.3, 0.4) is 0 Å². The number of carbonyl (C=O) groups is 1. The zero-order chi connectivity index (χ0) is 25.5. The second-order valence-corrected chi connectivity index (χ2v) is 11.4. The van der Waals surface area contributed by atoms with Gasteiger partial charge in [-0.2, -0.15) is 0 Å². The molecular formula is C22H27Br2O9P. The molecular weight excluding hydrogens is 599 g/mol. The van der Waals surface area contributed by atoms with Crippen LogP contribution >= 0.6 is 39.5 Å². The molecule has 0 saturated carbocycles. The molecule has 12 heteroatoms. The summed E-state index contributed by atoms with van der Waals surface area (Å²) in [7, 11) is -2.52. The van der Waals surface area contributed by atoms with Gasteiger partial charge in [0.2, 0.25) is 6.79 Å². The van der Waals surface area contributed by atoms with Crippen molar-refractivity contribution in [1.82, 2.24) is 0 Å². The number of carbonyl (C=O) groups excluding carboxylic acids is 1. The Kier molecular flexibility index (Phi) is 10.7. The minimum atomic E-state index is -3.71. The first-order valence-electron chi connectivity index (χ1n) is 10.2. The molecule has 9 nitrogen and oxygen atoms in total. The molecule has 0 aliphatic rings. The smallest absolute Gasteiger partial charge is 0.508 e. The molecule has 0 heterocycles. The summed E-state index contributed by atoms with van der Waals surface area (Å²) in [6, 6.07) is 8.27.